The van der Waals surface area contributed by atoms with Gasteiger partial charge < -0.3 is 0 Å². The van der Waals surface area contributed by atoms with Crippen LogP contribution in [-0.4, -0.2) is 63.4 Å². The summed E-state index contributed by atoms with van der Waals surface area (Å²) in [5, 5.41) is 0. The van der Waals surface area contributed by atoms with E-state index in [2.05, 4.69) is 140 Å². The third kappa shape index (κ3) is 29.8. The fraction of sp³-hybridized carbons (Fsp3) is 1.00. The predicted molar refractivity (Wildman–Crippen MR) is 206 cm³/mol. The molecule has 186 valence electrons. The Hall–Kier alpha value is 6.83. The first-order valence-electron chi connectivity index (χ1n) is 13.1. The second kappa shape index (κ2) is 28.0. The van der Waals surface area contributed by atoms with Gasteiger partial charge in [-0.2, -0.15) is 0 Å². The molecule has 0 heterocycles. The molecule has 32 heavy (non-hydrogen) atoms. The molecule has 0 spiro atoms. The van der Waals surface area contributed by atoms with Crippen molar-refractivity contribution in [1.82, 2.24) is 0 Å². The van der Waals surface area contributed by atoms with Crippen LogP contribution in [-0.2, 0) is 0 Å². The third-order valence-corrected chi connectivity index (χ3v) is 33.5. The van der Waals surface area contributed by atoms with E-state index in [0.29, 0.717) is 0 Å². The molecule has 0 aliphatic carbocycles. The number of halogens is 5. The zero-order valence-corrected chi connectivity index (χ0v) is 44.9. The average Bonchev–Trinajstić information content (AvgIpc) is 2.66. The molecule has 0 nitrogen and oxygen atoms in total. The van der Waals surface area contributed by atoms with Crippen LogP contribution in [0.3, 0.4) is 0 Å². The molecule has 10 heteroatoms. The van der Waals surface area contributed by atoms with Gasteiger partial charge in [0.2, 0.25) is 0 Å². The molecule has 0 fully saturated rings. The summed E-state index contributed by atoms with van der Waals surface area (Å²) < 4.78 is 0. The van der Waals surface area contributed by atoms with E-state index in [-0.39, 0.29) is 0 Å². The van der Waals surface area contributed by atoms with Gasteiger partial charge in [-0.05, 0) is 0 Å². The van der Waals surface area contributed by atoms with Crippen molar-refractivity contribution < 1.29 is 0 Å². The van der Waals surface area contributed by atoms with Crippen molar-refractivity contribution in [2.24, 2.45) is 17.8 Å². The summed E-state index contributed by atoms with van der Waals surface area (Å²) in [7, 11) is 0. The number of hydrogen-bond donors (Lipinski definition) is 0. The summed E-state index contributed by atoms with van der Waals surface area (Å²) in [6, 6.07) is 0. The quantitative estimate of drug-likeness (QED) is 0.0948. The van der Waals surface area contributed by atoms with E-state index < -0.39 is 63.4 Å². The van der Waals surface area contributed by atoms with Gasteiger partial charge in [0, 0.05) is 0 Å². The van der Waals surface area contributed by atoms with Crippen LogP contribution in [0.25, 0.3) is 0 Å². The van der Waals surface area contributed by atoms with E-state index in [1.54, 1.807) is 44.1 Å². The SMILES string of the molecule is CCCC(C[CH2][Ga]([CH3])[I])C([CH2][Ga]([CH3])[I])[CH2][Ga]([CH3])[I].CCCC(C[CH2][Ga]([CH3])[I])C[CH2][Ga]([CH3])[I]. The summed E-state index contributed by atoms with van der Waals surface area (Å²) in [5.41, 5.74) is 12.8. The van der Waals surface area contributed by atoms with Crippen molar-refractivity contribution in [3.8, 4) is 0 Å². The van der Waals surface area contributed by atoms with E-state index in [9.17, 15) is 0 Å². The molecule has 0 amide bonds. The van der Waals surface area contributed by atoms with Gasteiger partial charge in [0.1, 0.15) is 0 Å². The van der Waals surface area contributed by atoms with Crippen molar-refractivity contribution in [2.75, 3.05) is 0 Å². The second-order valence-electron chi connectivity index (χ2n) is 10.1. The van der Waals surface area contributed by atoms with Crippen LogP contribution in [0.1, 0.15) is 58.8 Å². The van der Waals surface area contributed by atoms with Gasteiger partial charge in [0.15, 0.2) is 0 Å². The maximum absolute atomic E-state index is 2.82. The predicted octanol–water partition coefficient (Wildman–Crippen LogP) is 11.9. The van der Waals surface area contributed by atoms with Gasteiger partial charge in [0.05, 0.1) is 0 Å². The average molecular weight is 1300 g/mol. The van der Waals surface area contributed by atoms with Crippen LogP contribution in [0.4, 0.5) is 0 Å². The normalized spacial score (nSPS) is 11.8. The molecular weight excluding hydrogens is 1250 g/mol. The van der Waals surface area contributed by atoms with Crippen LogP contribution >= 0.6 is 98.4 Å². The van der Waals surface area contributed by atoms with E-state index in [4.69, 9.17) is 0 Å². The first kappa shape index (κ1) is 41.0. The molecule has 0 aromatic carbocycles. The Morgan fingerprint density at radius 2 is 0.844 bits per heavy atom. The molecule has 0 radical (unpaired) electrons. The Bertz CT molecular complexity index is 379. The Balaban J connectivity index is 0. The summed E-state index contributed by atoms with van der Waals surface area (Å²) in [6.45, 7) is 4.74. The Labute approximate surface area is 283 Å². The topological polar surface area (TPSA) is 0 Å². The van der Waals surface area contributed by atoms with Crippen molar-refractivity contribution >= 4 is 162 Å². The Kier molecular flexibility index (Phi) is 35.8. The summed E-state index contributed by atoms with van der Waals surface area (Å²) in [4.78, 5) is 8.18. The van der Waals surface area contributed by atoms with Crippen molar-refractivity contribution in [1.29, 1.82) is 0 Å². The van der Waals surface area contributed by atoms with Crippen LogP contribution in [0.5, 0.6) is 0 Å². The van der Waals surface area contributed by atoms with Crippen LogP contribution in [0, 0.1) is 17.8 Å². The molecular formula is C22H48Ga5I5. The Morgan fingerprint density at radius 1 is 0.469 bits per heavy atom. The standard InChI is InChI=1S/C9H17.C8H16.5CH3.5Ga.5HI/c1-5-7-9(6-2)8(3)4;1-4-7-8(5-2)6-3;;;;;;;;;;;;;;;/h8-9H,2-7H2,1H3;8H,2-7H2,1H3;5*1H3;;;;;;5*1H/q;;;;;;;5*+1;;;;;/p-5. The molecule has 1 unspecified atom stereocenters. The summed E-state index contributed by atoms with van der Waals surface area (Å²) >= 11 is 9.95. The van der Waals surface area contributed by atoms with Gasteiger partial charge in [0.25, 0.3) is 0 Å². The van der Waals surface area contributed by atoms with Gasteiger partial charge in [-0.3, -0.25) is 0 Å². The van der Waals surface area contributed by atoms with E-state index in [1.165, 1.54) is 25.7 Å². The van der Waals surface area contributed by atoms with Gasteiger partial charge >= 0.3 is 291 Å². The molecule has 0 aliphatic heterocycles. The zero-order valence-electron chi connectivity index (χ0n) is 22.0. The third-order valence-electron chi connectivity index (χ3n) is 6.16. The maximum atomic E-state index is 2.82. The number of hydrogen-bond acceptors (Lipinski definition) is 0. The molecule has 0 aromatic rings. The minimum absolute atomic E-state index is 0.732. The van der Waals surface area contributed by atoms with Crippen molar-refractivity contribution in [3.05, 3.63) is 0 Å². The van der Waals surface area contributed by atoms with Crippen LogP contribution in [0.2, 0.25) is 52.3 Å². The zero-order chi connectivity index (χ0) is 25.1. The summed E-state index contributed by atoms with van der Waals surface area (Å²) in [6.07, 6.45) is 10.5. The van der Waals surface area contributed by atoms with Crippen LogP contribution < -0.4 is 0 Å². The van der Waals surface area contributed by atoms with Crippen molar-refractivity contribution in [3.63, 3.8) is 0 Å². The second-order valence-corrected chi connectivity index (χ2v) is 87.3. The molecule has 0 aromatic heterocycles. The Morgan fingerprint density at radius 3 is 1.16 bits per heavy atom. The monoisotopic (exact) mass is 1290 g/mol. The van der Waals surface area contributed by atoms with Crippen molar-refractivity contribution in [2.45, 2.75) is 111 Å². The minimum atomic E-state index is -0.853. The fourth-order valence-corrected chi connectivity index (χ4v) is 30.3. The van der Waals surface area contributed by atoms with Gasteiger partial charge in [-0.25, -0.2) is 0 Å². The van der Waals surface area contributed by atoms with Gasteiger partial charge in [-0.1, -0.05) is 0 Å². The molecule has 0 saturated heterocycles. The number of rotatable bonds is 18. The van der Waals surface area contributed by atoms with E-state index >= 15 is 0 Å². The molecule has 0 N–H and O–H groups in total. The first-order valence-corrected chi connectivity index (χ1v) is 70.7. The fourth-order valence-electron chi connectivity index (χ4n) is 4.52. The van der Waals surface area contributed by atoms with E-state index in [1.807, 2.05) is 0 Å². The van der Waals surface area contributed by atoms with Gasteiger partial charge in [-0.15, -0.1) is 0 Å². The van der Waals surface area contributed by atoms with Crippen LogP contribution in [0.15, 0.2) is 0 Å². The molecule has 0 bridgehead atoms. The summed E-state index contributed by atoms with van der Waals surface area (Å²) in [5.74, 6) is 3.33. The van der Waals surface area contributed by atoms with E-state index in [0.717, 1.165) is 17.8 Å². The molecule has 0 aliphatic rings. The molecule has 1 atom stereocenters. The molecule has 0 saturated carbocycles. The molecule has 0 rings (SSSR count). The first-order chi connectivity index (χ1) is 14.9.